The maximum absolute atomic E-state index is 12.1. The zero-order chi connectivity index (χ0) is 13.3. The molecular weight excluding hydrogens is 231 g/mol. The van der Waals surface area contributed by atoms with E-state index < -0.39 is 12.1 Å². The van der Waals surface area contributed by atoms with E-state index in [1.54, 1.807) is 0 Å². The lowest BCUT2D eigenvalue weighted by Crippen LogP contribution is -2.45. The van der Waals surface area contributed by atoms with Gasteiger partial charge in [-0.2, -0.15) is 13.2 Å². The van der Waals surface area contributed by atoms with E-state index in [-0.39, 0.29) is 11.5 Å². The summed E-state index contributed by atoms with van der Waals surface area (Å²) >= 11 is 0. The van der Waals surface area contributed by atoms with Crippen molar-refractivity contribution in [3.05, 3.63) is 0 Å². The molecule has 0 atom stereocenters. The maximum Gasteiger partial charge on any atom is 0.471 e. The highest BCUT2D eigenvalue weighted by Gasteiger charge is 2.40. The quantitative estimate of drug-likeness (QED) is 0.761. The highest BCUT2D eigenvalue weighted by atomic mass is 19.4. The highest BCUT2D eigenvalue weighted by molar-refractivity contribution is 5.81. The van der Waals surface area contributed by atoms with Gasteiger partial charge in [0.05, 0.1) is 0 Å². The van der Waals surface area contributed by atoms with Crippen molar-refractivity contribution >= 4 is 5.91 Å². The first kappa shape index (κ1) is 14.3. The molecule has 0 aromatic heterocycles. The van der Waals surface area contributed by atoms with Gasteiger partial charge in [0.15, 0.2) is 0 Å². The van der Waals surface area contributed by atoms with Crippen LogP contribution in [0.25, 0.3) is 0 Å². The standard InChI is InChI=1S/C12H20F3NO/c1-11(2,3)8-4-6-9(7-5-8)16-10(17)12(13,14)15/h8-9H,4-7H2,1-3H3,(H,16,17). The molecule has 0 bridgehead atoms. The van der Waals surface area contributed by atoms with E-state index in [0.29, 0.717) is 18.8 Å². The predicted octanol–water partition coefficient (Wildman–Crippen LogP) is 3.27. The molecule has 0 aliphatic heterocycles. The van der Waals surface area contributed by atoms with Gasteiger partial charge < -0.3 is 5.32 Å². The Balaban J connectivity index is 2.41. The number of hydrogen-bond donors (Lipinski definition) is 1. The lowest BCUT2D eigenvalue weighted by Gasteiger charge is -2.37. The Labute approximate surface area is 100.0 Å². The Hall–Kier alpha value is -0.740. The van der Waals surface area contributed by atoms with E-state index in [2.05, 4.69) is 26.1 Å². The molecule has 0 heterocycles. The summed E-state index contributed by atoms with van der Waals surface area (Å²) < 4.78 is 36.2. The van der Waals surface area contributed by atoms with E-state index in [9.17, 15) is 18.0 Å². The number of carbonyl (C=O) groups is 1. The van der Waals surface area contributed by atoms with Crippen molar-refractivity contribution < 1.29 is 18.0 Å². The van der Waals surface area contributed by atoms with Crippen molar-refractivity contribution in [1.29, 1.82) is 0 Å². The van der Waals surface area contributed by atoms with Crippen LogP contribution >= 0.6 is 0 Å². The number of nitrogens with one attached hydrogen (secondary N) is 1. The second-order valence-corrected chi connectivity index (χ2v) is 5.89. The zero-order valence-electron chi connectivity index (χ0n) is 10.5. The zero-order valence-corrected chi connectivity index (χ0v) is 10.5. The number of amides is 1. The SMILES string of the molecule is CC(C)(C)C1CCC(NC(=O)C(F)(F)F)CC1. The van der Waals surface area contributed by atoms with Crippen molar-refractivity contribution in [3.8, 4) is 0 Å². The largest absolute Gasteiger partial charge is 0.471 e. The second-order valence-electron chi connectivity index (χ2n) is 5.89. The Morgan fingerprint density at radius 3 is 1.88 bits per heavy atom. The molecule has 1 aliphatic carbocycles. The molecule has 100 valence electrons. The minimum absolute atomic E-state index is 0.193. The third-order valence-corrected chi connectivity index (χ3v) is 3.54. The average molecular weight is 251 g/mol. The number of halogens is 3. The van der Waals surface area contributed by atoms with Crippen LogP contribution in [-0.2, 0) is 4.79 Å². The topological polar surface area (TPSA) is 29.1 Å². The monoisotopic (exact) mass is 251 g/mol. The van der Waals surface area contributed by atoms with Crippen LogP contribution in [0.5, 0.6) is 0 Å². The molecule has 1 rings (SSSR count). The first-order valence-electron chi connectivity index (χ1n) is 5.98. The van der Waals surface area contributed by atoms with Crippen LogP contribution in [0.4, 0.5) is 13.2 Å². The van der Waals surface area contributed by atoms with E-state index in [1.807, 2.05) is 0 Å². The minimum atomic E-state index is -4.76. The third kappa shape index (κ3) is 4.21. The summed E-state index contributed by atoms with van der Waals surface area (Å²) in [5, 5.41) is 2.07. The highest BCUT2D eigenvalue weighted by Crippen LogP contribution is 2.37. The number of carbonyl (C=O) groups excluding carboxylic acids is 1. The summed E-state index contributed by atoms with van der Waals surface area (Å²) in [6, 6.07) is -0.317. The molecule has 0 radical (unpaired) electrons. The summed E-state index contributed by atoms with van der Waals surface area (Å²) in [5.74, 6) is -1.28. The van der Waals surface area contributed by atoms with Gasteiger partial charge >= 0.3 is 12.1 Å². The van der Waals surface area contributed by atoms with Crippen molar-refractivity contribution in [3.63, 3.8) is 0 Å². The van der Waals surface area contributed by atoms with Crippen LogP contribution in [0.2, 0.25) is 0 Å². The second kappa shape index (κ2) is 4.86. The van der Waals surface area contributed by atoms with Gasteiger partial charge in [0.2, 0.25) is 0 Å². The molecule has 1 N–H and O–H groups in total. The van der Waals surface area contributed by atoms with Crippen LogP contribution in [0, 0.1) is 11.3 Å². The van der Waals surface area contributed by atoms with Gasteiger partial charge in [-0.05, 0) is 37.0 Å². The number of hydrogen-bond acceptors (Lipinski definition) is 1. The van der Waals surface area contributed by atoms with E-state index in [4.69, 9.17) is 0 Å². The fraction of sp³-hybridized carbons (Fsp3) is 0.917. The molecule has 0 unspecified atom stereocenters. The fourth-order valence-electron chi connectivity index (χ4n) is 2.37. The smallest absolute Gasteiger partial charge is 0.346 e. The molecule has 0 spiro atoms. The molecule has 1 saturated carbocycles. The molecule has 5 heteroatoms. The van der Waals surface area contributed by atoms with E-state index in [1.165, 1.54) is 0 Å². The molecule has 0 saturated heterocycles. The molecule has 1 amide bonds. The van der Waals surface area contributed by atoms with Crippen LogP contribution in [0.1, 0.15) is 46.5 Å². The summed E-state index contributed by atoms with van der Waals surface area (Å²) in [7, 11) is 0. The number of alkyl halides is 3. The normalized spacial score (nSPS) is 26.7. The van der Waals surface area contributed by atoms with Gasteiger partial charge in [-0.15, -0.1) is 0 Å². The maximum atomic E-state index is 12.1. The van der Waals surface area contributed by atoms with Gasteiger partial charge in [0.25, 0.3) is 0 Å². The molecular formula is C12H20F3NO. The van der Waals surface area contributed by atoms with E-state index in [0.717, 1.165) is 12.8 Å². The average Bonchev–Trinajstić information content (AvgIpc) is 2.15. The molecule has 2 nitrogen and oxygen atoms in total. The Morgan fingerprint density at radius 2 is 1.53 bits per heavy atom. The van der Waals surface area contributed by atoms with Gasteiger partial charge in [-0.3, -0.25) is 4.79 Å². The van der Waals surface area contributed by atoms with Crippen LogP contribution in [0.15, 0.2) is 0 Å². The van der Waals surface area contributed by atoms with Gasteiger partial charge in [0.1, 0.15) is 0 Å². The molecule has 17 heavy (non-hydrogen) atoms. The van der Waals surface area contributed by atoms with Crippen LogP contribution in [-0.4, -0.2) is 18.1 Å². The fourth-order valence-corrected chi connectivity index (χ4v) is 2.37. The first-order chi connectivity index (χ1) is 7.60. The van der Waals surface area contributed by atoms with Gasteiger partial charge in [-0.1, -0.05) is 20.8 Å². The lowest BCUT2D eigenvalue weighted by atomic mass is 9.71. The minimum Gasteiger partial charge on any atom is -0.346 e. The third-order valence-electron chi connectivity index (χ3n) is 3.54. The number of rotatable bonds is 1. The molecule has 1 aliphatic rings. The molecule has 0 aromatic rings. The van der Waals surface area contributed by atoms with Crippen LogP contribution in [0.3, 0.4) is 0 Å². The van der Waals surface area contributed by atoms with Crippen molar-refractivity contribution in [2.24, 2.45) is 11.3 Å². The van der Waals surface area contributed by atoms with E-state index >= 15 is 0 Å². The van der Waals surface area contributed by atoms with Gasteiger partial charge in [-0.25, -0.2) is 0 Å². The Morgan fingerprint density at radius 1 is 1.06 bits per heavy atom. The van der Waals surface area contributed by atoms with Crippen LogP contribution < -0.4 is 5.32 Å². The molecule has 0 aromatic carbocycles. The molecule has 1 fully saturated rings. The lowest BCUT2D eigenvalue weighted by molar-refractivity contribution is -0.174. The summed E-state index contributed by atoms with van der Waals surface area (Å²) in [6.07, 6.45) is -1.72. The Kier molecular flexibility index (Phi) is 4.10. The predicted molar refractivity (Wildman–Crippen MR) is 59.4 cm³/mol. The van der Waals surface area contributed by atoms with Gasteiger partial charge in [0, 0.05) is 6.04 Å². The van der Waals surface area contributed by atoms with Crippen molar-refractivity contribution in [2.75, 3.05) is 0 Å². The Bertz CT molecular complexity index is 272. The van der Waals surface area contributed by atoms with Crippen molar-refractivity contribution in [1.82, 2.24) is 5.32 Å². The summed E-state index contributed by atoms with van der Waals surface area (Å²) in [4.78, 5) is 10.8. The van der Waals surface area contributed by atoms with Crippen molar-refractivity contribution in [2.45, 2.75) is 58.7 Å². The first-order valence-corrected chi connectivity index (χ1v) is 5.98. The summed E-state index contributed by atoms with van der Waals surface area (Å²) in [5.41, 5.74) is 0.193. The summed E-state index contributed by atoms with van der Waals surface area (Å²) in [6.45, 7) is 6.44.